The third-order valence-corrected chi connectivity index (χ3v) is 3.81. The smallest absolute Gasteiger partial charge is 0.307 e. The molecule has 0 heterocycles. The summed E-state index contributed by atoms with van der Waals surface area (Å²) in [5.74, 6) is -3.08. The SMILES string of the molecule is CCC1(CNC(=O)c2cc(F)c([N+](=O)[O-])cc2F)CC1. The van der Waals surface area contributed by atoms with Gasteiger partial charge in [-0.25, -0.2) is 4.39 Å². The van der Waals surface area contributed by atoms with Crippen molar-refractivity contribution in [2.75, 3.05) is 6.54 Å². The van der Waals surface area contributed by atoms with Crippen LogP contribution in [0.5, 0.6) is 0 Å². The predicted molar refractivity (Wildman–Crippen MR) is 67.3 cm³/mol. The maximum Gasteiger partial charge on any atom is 0.307 e. The van der Waals surface area contributed by atoms with Crippen LogP contribution in [-0.2, 0) is 0 Å². The Bertz CT molecular complexity index is 571. The molecule has 0 aromatic heterocycles. The minimum absolute atomic E-state index is 0.0749. The van der Waals surface area contributed by atoms with Gasteiger partial charge in [-0.05, 0) is 30.7 Å². The van der Waals surface area contributed by atoms with Crippen LogP contribution in [0.2, 0.25) is 0 Å². The second kappa shape index (κ2) is 5.15. The van der Waals surface area contributed by atoms with Crippen LogP contribution in [0.4, 0.5) is 14.5 Å². The van der Waals surface area contributed by atoms with E-state index in [0.717, 1.165) is 19.3 Å². The van der Waals surface area contributed by atoms with E-state index in [1.165, 1.54) is 0 Å². The van der Waals surface area contributed by atoms with E-state index in [4.69, 9.17) is 0 Å². The lowest BCUT2D eigenvalue weighted by molar-refractivity contribution is -0.387. The van der Waals surface area contributed by atoms with Crippen LogP contribution in [0.25, 0.3) is 0 Å². The molecule has 1 aromatic rings. The van der Waals surface area contributed by atoms with E-state index in [0.29, 0.717) is 18.7 Å². The second-order valence-electron chi connectivity index (χ2n) is 5.08. The molecular weight excluding hydrogens is 270 g/mol. The maximum atomic E-state index is 13.6. The number of carbonyl (C=O) groups is 1. The van der Waals surface area contributed by atoms with Gasteiger partial charge < -0.3 is 5.32 Å². The normalized spacial score (nSPS) is 15.8. The van der Waals surface area contributed by atoms with E-state index in [2.05, 4.69) is 5.32 Å². The number of rotatable bonds is 5. The van der Waals surface area contributed by atoms with Crippen LogP contribution in [0.15, 0.2) is 12.1 Å². The monoisotopic (exact) mass is 284 g/mol. The van der Waals surface area contributed by atoms with Crippen molar-refractivity contribution < 1.29 is 18.5 Å². The first kappa shape index (κ1) is 14.4. The van der Waals surface area contributed by atoms with Crippen molar-refractivity contribution in [3.63, 3.8) is 0 Å². The van der Waals surface area contributed by atoms with Crippen molar-refractivity contribution in [2.45, 2.75) is 26.2 Å². The Morgan fingerprint density at radius 2 is 2.05 bits per heavy atom. The van der Waals surface area contributed by atoms with Crippen LogP contribution < -0.4 is 5.32 Å². The van der Waals surface area contributed by atoms with Crippen molar-refractivity contribution in [1.29, 1.82) is 0 Å². The fraction of sp³-hybridized carbons (Fsp3) is 0.462. The summed E-state index contributed by atoms with van der Waals surface area (Å²) in [5, 5.41) is 13.0. The van der Waals surface area contributed by atoms with Gasteiger partial charge in [-0.1, -0.05) is 6.92 Å². The summed E-state index contributed by atoms with van der Waals surface area (Å²) in [4.78, 5) is 21.2. The Morgan fingerprint density at radius 3 is 2.55 bits per heavy atom. The first-order valence-electron chi connectivity index (χ1n) is 6.30. The molecule has 108 valence electrons. The third-order valence-electron chi connectivity index (χ3n) is 3.81. The van der Waals surface area contributed by atoms with Gasteiger partial charge in [0.1, 0.15) is 5.82 Å². The Labute approximate surface area is 114 Å². The number of hydrogen-bond donors (Lipinski definition) is 1. The number of nitrogens with one attached hydrogen (secondary N) is 1. The summed E-state index contributed by atoms with van der Waals surface area (Å²) < 4.78 is 27.0. The van der Waals surface area contributed by atoms with Gasteiger partial charge in [0.15, 0.2) is 0 Å². The number of hydrogen-bond acceptors (Lipinski definition) is 3. The molecule has 1 N–H and O–H groups in total. The molecule has 1 fully saturated rings. The zero-order valence-electron chi connectivity index (χ0n) is 10.9. The Kier molecular flexibility index (Phi) is 3.69. The Balaban J connectivity index is 2.14. The number of amides is 1. The average Bonchev–Trinajstić information content (AvgIpc) is 3.18. The van der Waals surface area contributed by atoms with Gasteiger partial charge >= 0.3 is 5.69 Å². The number of nitro benzene ring substituents is 1. The Morgan fingerprint density at radius 1 is 1.40 bits per heavy atom. The maximum absolute atomic E-state index is 13.6. The molecule has 1 saturated carbocycles. The van der Waals surface area contributed by atoms with Gasteiger partial charge in [0.05, 0.1) is 16.6 Å². The van der Waals surface area contributed by atoms with Crippen LogP contribution in [0, 0.1) is 27.2 Å². The minimum atomic E-state index is -1.22. The number of nitro groups is 1. The van der Waals surface area contributed by atoms with Crippen molar-refractivity contribution in [2.24, 2.45) is 5.41 Å². The standard InChI is InChI=1S/C13H14F2N2O3/c1-2-13(3-4-13)7-16-12(18)8-5-10(15)11(17(19)20)6-9(8)14/h5-6H,2-4,7H2,1H3,(H,16,18). The second-order valence-corrected chi connectivity index (χ2v) is 5.08. The van der Waals surface area contributed by atoms with Crippen molar-refractivity contribution in [3.8, 4) is 0 Å². The summed E-state index contributed by atoms with van der Waals surface area (Å²) in [7, 11) is 0. The molecular formula is C13H14F2N2O3. The molecule has 1 aliphatic rings. The summed E-state index contributed by atoms with van der Waals surface area (Å²) in [6.45, 7) is 2.41. The number of benzene rings is 1. The van der Waals surface area contributed by atoms with Gasteiger partial charge in [-0.2, -0.15) is 4.39 Å². The molecule has 0 radical (unpaired) electrons. The zero-order chi connectivity index (χ0) is 14.9. The largest absolute Gasteiger partial charge is 0.351 e. The Hall–Kier alpha value is -2.05. The third kappa shape index (κ3) is 2.76. The fourth-order valence-corrected chi connectivity index (χ4v) is 2.05. The molecule has 20 heavy (non-hydrogen) atoms. The van der Waals surface area contributed by atoms with Crippen LogP contribution in [-0.4, -0.2) is 17.4 Å². The molecule has 1 amide bonds. The van der Waals surface area contributed by atoms with Gasteiger partial charge in [-0.3, -0.25) is 14.9 Å². The lowest BCUT2D eigenvalue weighted by Crippen LogP contribution is -2.30. The van der Waals surface area contributed by atoms with Gasteiger partial charge in [0.25, 0.3) is 5.91 Å². The molecule has 2 rings (SSSR count). The molecule has 0 unspecified atom stereocenters. The van der Waals surface area contributed by atoms with Crippen LogP contribution in [0.1, 0.15) is 36.5 Å². The number of carbonyl (C=O) groups excluding carboxylic acids is 1. The van der Waals surface area contributed by atoms with E-state index in [-0.39, 0.29) is 5.41 Å². The fourth-order valence-electron chi connectivity index (χ4n) is 2.05. The van der Waals surface area contributed by atoms with E-state index < -0.39 is 33.7 Å². The minimum Gasteiger partial charge on any atom is -0.351 e. The molecule has 5 nitrogen and oxygen atoms in total. The summed E-state index contributed by atoms with van der Waals surface area (Å²) in [6, 6.07) is 0.991. The molecule has 0 saturated heterocycles. The van der Waals surface area contributed by atoms with Crippen molar-refractivity contribution in [1.82, 2.24) is 5.32 Å². The molecule has 7 heteroatoms. The van der Waals surface area contributed by atoms with Crippen LogP contribution >= 0.6 is 0 Å². The summed E-state index contributed by atoms with van der Waals surface area (Å²) >= 11 is 0. The van der Waals surface area contributed by atoms with Gasteiger partial charge in [0, 0.05) is 6.54 Å². The molecule has 0 bridgehead atoms. The molecule has 1 aliphatic carbocycles. The highest BCUT2D eigenvalue weighted by Gasteiger charge is 2.40. The van der Waals surface area contributed by atoms with E-state index in [1.807, 2.05) is 6.92 Å². The average molecular weight is 284 g/mol. The lowest BCUT2D eigenvalue weighted by Gasteiger charge is -2.13. The predicted octanol–water partition coefficient (Wildman–Crippen LogP) is 2.79. The topological polar surface area (TPSA) is 72.2 Å². The van der Waals surface area contributed by atoms with Gasteiger partial charge in [0.2, 0.25) is 5.82 Å². The number of halogens is 2. The van der Waals surface area contributed by atoms with Crippen molar-refractivity contribution in [3.05, 3.63) is 39.4 Å². The van der Waals surface area contributed by atoms with Crippen LogP contribution in [0.3, 0.4) is 0 Å². The molecule has 0 atom stereocenters. The summed E-state index contributed by atoms with van der Waals surface area (Å²) in [5.41, 5.74) is -1.42. The zero-order valence-corrected chi connectivity index (χ0v) is 10.9. The van der Waals surface area contributed by atoms with Crippen molar-refractivity contribution >= 4 is 11.6 Å². The van der Waals surface area contributed by atoms with E-state index in [9.17, 15) is 23.7 Å². The highest BCUT2D eigenvalue weighted by Crippen LogP contribution is 2.47. The summed E-state index contributed by atoms with van der Waals surface area (Å²) in [6.07, 6.45) is 2.91. The molecule has 0 spiro atoms. The molecule has 0 aliphatic heterocycles. The first-order valence-corrected chi connectivity index (χ1v) is 6.30. The highest BCUT2D eigenvalue weighted by molar-refractivity contribution is 5.94. The molecule has 1 aromatic carbocycles. The highest BCUT2D eigenvalue weighted by atomic mass is 19.1. The first-order chi connectivity index (χ1) is 9.38. The van der Waals surface area contributed by atoms with Gasteiger partial charge in [-0.15, -0.1) is 0 Å². The quantitative estimate of drug-likeness (QED) is 0.667. The number of nitrogens with zero attached hydrogens (tertiary/aromatic N) is 1. The van der Waals surface area contributed by atoms with E-state index >= 15 is 0 Å². The lowest BCUT2D eigenvalue weighted by atomic mass is 10.0. The van der Waals surface area contributed by atoms with E-state index in [1.54, 1.807) is 0 Å².